The van der Waals surface area contributed by atoms with E-state index >= 15 is 0 Å². The minimum absolute atomic E-state index is 0.287. The molecule has 0 aromatic carbocycles. The average molecular weight is 293 g/mol. The Bertz CT molecular complexity index is 490. The Hall–Kier alpha value is -0.270. The Morgan fingerprint density at radius 3 is 2.12 bits per heavy atom. The fourth-order valence-corrected chi connectivity index (χ4v) is 3.89. The van der Waals surface area contributed by atoms with Crippen molar-refractivity contribution in [2.45, 2.75) is 25.3 Å². The molecule has 0 bridgehead atoms. The van der Waals surface area contributed by atoms with Gasteiger partial charge in [-0.1, -0.05) is 0 Å². The molecule has 1 atom stereocenters. The van der Waals surface area contributed by atoms with E-state index in [-0.39, 0.29) is 5.56 Å². The molecule has 92 valence electrons. The first-order chi connectivity index (χ1) is 7.03. The highest BCUT2D eigenvalue weighted by Gasteiger charge is 2.50. The molecular formula is C8H8ClF3O2S2. The maximum Gasteiger partial charge on any atom is 0.410 e. The minimum atomic E-state index is -4.90. The lowest BCUT2D eigenvalue weighted by Gasteiger charge is -2.16. The second kappa shape index (κ2) is 4.19. The third kappa shape index (κ3) is 2.89. The predicted molar refractivity (Wildman–Crippen MR) is 57.4 cm³/mol. The molecule has 16 heavy (non-hydrogen) atoms. The number of rotatable bonds is 2. The standard InChI is InChI=1S/C8H8ClF3O2S2/c1-4-3-6(5(2)15-4)7(8(10,11)12)16(9,13)14/h3,7H,1-2H3. The SMILES string of the molecule is Cc1cc(C(C(F)(F)F)S(=O)(=O)Cl)c(C)s1. The lowest BCUT2D eigenvalue weighted by Crippen LogP contribution is -2.25. The van der Waals surface area contributed by atoms with Crippen molar-refractivity contribution in [1.82, 2.24) is 0 Å². The average Bonchev–Trinajstić information content (AvgIpc) is 2.23. The summed E-state index contributed by atoms with van der Waals surface area (Å²) >= 11 is 1.11. The lowest BCUT2D eigenvalue weighted by molar-refractivity contribution is -0.131. The summed E-state index contributed by atoms with van der Waals surface area (Å²) in [4.78, 5) is 0.922. The summed E-state index contributed by atoms with van der Waals surface area (Å²) in [5.41, 5.74) is -0.287. The summed E-state index contributed by atoms with van der Waals surface area (Å²) in [5, 5.41) is -2.65. The van der Waals surface area contributed by atoms with Crippen LogP contribution in [-0.4, -0.2) is 14.6 Å². The summed E-state index contributed by atoms with van der Waals surface area (Å²) in [7, 11) is 0.125. The Balaban J connectivity index is 3.40. The van der Waals surface area contributed by atoms with Gasteiger partial charge in [-0.2, -0.15) is 13.2 Å². The van der Waals surface area contributed by atoms with Crippen LogP contribution in [0.3, 0.4) is 0 Å². The van der Waals surface area contributed by atoms with Crippen LogP contribution in [0.5, 0.6) is 0 Å². The molecule has 0 N–H and O–H groups in total. The van der Waals surface area contributed by atoms with Crippen molar-refractivity contribution < 1.29 is 21.6 Å². The van der Waals surface area contributed by atoms with Crippen molar-refractivity contribution in [1.29, 1.82) is 0 Å². The largest absolute Gasteiger partial charge is 0.410 e. The van der Waals surface area contributed by atoms with Crippen LogP contribution in [0, 0.1) is 13.8 Å². The lowest BCUT2D eigenvalue weighted by atomic mass is 10.2. The predicted octanol–water partition coefficient (Wildman–Crippen LogP) is 3.54. The maximum absolute atomic E-state index is 12.6. The zero-order valence-electron chi connectivity index (χ0n) is 8.30. The second-order valence-corrected chi connectivity index (χ2v) is 7.44. The van der Waals surface area contributed by atoms with Crippen LogP contribution < -0.4 is 0 Å². The molecule has 0 saturated heterocycles. The first kappa shape index (κ1) is 13.8. The molecule has 0 aliphatic carbocycles. The van der Waals surface area contributed by atoms with E-state index in [4.69, 9.17) is 10.7 Å². The fourth-order valence-electron chi connectivity index (χ4n) is 1.40. The minimum Gasteiger partial charge on any atom is -0.211 e. The van der Waals surface area contributed by atoms with Gasteiger partial charge < -0.3 is 0 Å². The normalized spacial score (nSPS) is 15.1. The van der Waals surface area contributed by atoms with Crippen molar-refractivity contribution in [2.75, 3.05) is 0 Å². The molecule has 1 unspecified atom stereocenters. The second-order valence-electron chi connectivity index (χ2n) is 3.27. The van der Waals surface area contributed by atoms with Gasteiger partial charge in [0.2, 0.25) is 9.05 Å². The van der Waals surface area contributed by atoms with E-state index < -0.39 is 20.5 Å². The fraction of sp³-hybridized carbons (Fsp3) is 0.500. The highest BCUT2D eigenvalue weighted by Crippen LogP contribution is 2.43. The van der Waals surface area contributed by atoms with E-state index in [0.29, 0.717) is 9.75 Å². The molecular weight excluding hydrogens is 285 g/mol. The number of thiophene rings is 1. The zero-order chi connectivity index (χ0) is 12.7. The summed E-state index contributed by atoms with van der Waals surface area (Å²) in [6, 6.07) is 1.21. The van der Waals surface area contributed by atoms with Gasteiger partial charge in [-0.05, 0) is 25.5 Å². The number of halogens is 4. The van der Waals surface area contributed by atoms with Crippen molar-refractivity contribution in [3.05, 3.63) is 21.4 Å². The van der Waals surface area contributed by atoms with E-state index in [0.717, 1.165) is 11.3 Å². The van der Waals surface area contributed by atoms with Crippen molar-refractivity contribution in [3.63, 3.8) is 0 Å². The number of hydrogen-bond donors (Lipinski definition) is 0. The molecule has 0 fully saturated rings. The van der Waals surface area contributed by atoms with E-state index in [1.807, 2.05) is 0 Å². The molecule has 1 heterocycles. The van der Waals surface area contributed by atoms with Crippen LogP contribution >= 0.6 is 22.0 Å². The Morgan fingerprint density at radius 1 is 1.38 bits per heavy atom. The summed E-state index contributed by atoms with van der Waals surface area (Å²) in [5.74, 6) is 0. The van der Waals surface area contributed by atoms with Gasteiger partial charge in [0.05, 0.1) is 0 Å². The Morgan fingerprint density at radius 2 is 1.88 bits per heavy atom. The smallest absolute Gasteiger partial charge is 0.211 e. The van der Waals surface area contributed by atoms with E-state index in [2.05, 4.69) is 0 Å². The Kier molecular flexibility index (Phi) is 3.62. The van der Waals surface area contributed by atoms with Crippen LogP contribution in [0.4, 0.5) is 13.2 Å². The van der Waals surface area contributed by atoms with Gasteiger partial charge in [0.25, 0.3) is 0 Å². The van der Waals surface area contributed by atoms with Gasteiger partial charge in [-0.15, -0.1) is 11.3 Å². The molecule has 0 aliphatic heterocycles. The van der Waals surface area contributed by atoms with Gasteiger partial charge in [-0.25, -0.2) is 8.42 Å². The molecule has 1 aromatic rings. The molecule has 0 radical (unpaired) electrons. The van der Waals surface area contributed by atoms with Crippen LogP contribution in [0.1, 0.15) is 20.6 Å². The molecule has 0 spiro atoms. The van der Waals surface area contributed by atoms with Gasteiger partial charge in [-0.3, -0.25) is 0 Å². The summed E-state index contributed by atoms with van der Waals surface area (Å²) in [6.07, 6.45) is -4.90. The molecule has 0 amide bonds. The van der Waals surface area contributed by atoms with E-state index in [1.54, 1.807) is 6.92 Å². The highest BCUT2D eigenvalue weighted by molar-refractivity contribution is 8.14. The summed E-state index contributed by atoms with van der Waals surface area (Å²) < 4.78 is 59.9. The van der Waals surface area contributed by atoms with Crippen LogP contribution in [0.2, 0.25) is 0 Å². The van der Waals surface area contributed by atoms with E-state index in [1.165, 1.54) is 13.0 Å². The maximum atomic E-state index is 12.6. The quantitative estimate of drug-likeness (QED) is 0.781. The molecule has 0 saturated carbocycles. The van der Waals surface area contributed by atoms with Crippen LogP contribution in [-0.2, 0) is 9.05 Å². The van der Waals surface area contributed by atoms with Crippen molar-refractivity contribution >= 4 is 31.1 Å². The zero-order valence-corrected chi connectivity index (χ0v) is 10.7. The first-order valence-corrected chi connectivity index (χ1v) is 7.29. The first-order valence-electron chi connectivity index (χ1n) is 4.10. The monoisotopic (exact) mass is 292 g/mol. The third-order valence-corrected chi connectivity index (χ3v) is 4.54. The number of aryl methyl sites for hydroxylation is 2. The molecule has 1 rings (SSSR count). The molecule has 0 aliphatic rings. The summed E-state index contributed by atoms with van der Waals surface area (Å²) in [6.45, 7) is 3.04. The highest BCUT2D eigenvalue weighted by atomic mass is 35.7. The van der Waals surface area contributed by atoms with Crippen LogP contribution in [0.25, 0.3) is 0 Å². The van der Waals surface area contributed by atoms with Crippen LogP contribution in [0.15, 0.2) is 6.07 Å². The number of alkyl halides is 3. The molecule has 8 heteroatoms. The van der Waals surface area contributed by atoms with Gasteiger partial charge >= 0.3 is 6.18 Å². The van der Waals surface area contributed by atoms with Gasteiger partial charge in [0.15, 0.2) is 5.25 Å². The molecule has 2 nitrogen and oxygen atoms in total. The third-order valence-electron chi connectivity index (χ3n) is 1.94. The van der Waals surface area contributed by atoms with Gasteiger partial charge in [0.1, 0.15) is 0 Å². The van der Waals surface area contributed by atoms with Crippen molar-refractivity contribution in [2.24, 2.45) is 0 Å². The molecule has 1 aromatic heterocycles. The topological polar surface area (TPSA) is 34.1 Å². The number of hydrogen-bond acceptors (Lipinski definition) is 3. The van der Waals surface area contributed by atoms with E-state index in [9.17, 15) is 21.6 Å². The van der Waals surface area contributed by atoms with Crippen molar-refractivity contribution in [3.8, 4) is 0 Å². The van der Waals surface area contributed by atoms with Gasteiger partial charge in [0, 0.05) is 20.4 Å². The Labute approximate surface area is 99.5 Å².